The van der Waals surface area contributed by atoms with Crippen LogP contribution >= 0.6 is 15.9 Å². The van der Waals surface area contributed by atoms with E-state index in [1.165, 1.54) is 10.9 Å². The highest BCUT2D eigenvalue weighted by Crippen LogP contribution is 2.25. The van der Waals surface area contributed by atoms with Crippen molar-refractivity contribution >= 4 is 32.9 Å². The van der Waals surface area contributed by atoms with E-state index in [4.69, 9.17) is 4.74 Å². The molecule has 1 amide bonds. The average Bonchev–Trinajstić information content (AvgIpc) is 2.62. The van der Waals surface area contributed by atoms with Crippen LogP contribution in [-0.2, 0) is 11.2 Å². The van der Waals surface area contributed by atoms with Gasteiger partial charge in [-0.25, -0.2) is 4.79 Å². The summed E-state index contributed by atoms with van der Waals surface area (Å²) in [4.78, 5) is 15.0. The summed E-state index contributed by atoms with van der Waals surface area (Å²) in [5.74, 6) is 0. The minimum Gasteiger partial charge on any atom is -0.444 e. The van der Waals surface area contributed by atoms with Crippen LogP contribution in [0.1, 0.15) is 32.0 Å². The lowest BCUT2D eigenvalue weighted by atomic mass is 10.1. The van der Waals surface area contributed by atoms with Crippen molar-refractivity contribution in [3.05, 3.63) is 33.9 Å². The number of aromatic amines is 1. The predicted octanol–water partition coefficient (Wildman–Crippen LogP) is 4.31. The van der Waals surface area contributed by atoms with E-state index in [2.05, 4.69) is 45.3 Å². The minimum atomic E-state index is -0.465. The molecule has 1 heterocycles. The van der Waals surface area contributed by atoms with E-state index in [1.807, 2.05) is 26.8 Å². The van der Waals surface area contributed by atoms with Gasteiger partial charge in [0.05, 0.1) is 0 Å². The summed E-state index contributed by atoms with van der Waals surface area (Å²) in [6.07, 6.45) is 0.398. The highest BCUT2D eigenvalue weighted by molar-refractivity contribution is 9.10. The molecule has 2 aromatic rings. The van der Waals surface area contributed by atoms with Crippen LogP contribution in [0.2, 0.25) is 0 Å². The van der Waals surface area contributed by atoms with Gasteiger partial charge in [-0.05, 0) is 51.8 Å². The van der Waals surface area contributed by atoms with Crippen LogP contribution in [0, 0.1) is 6.92 Å². The standard InChI is InChI=1S/C16H21BrN2O2/c1-10-12(7-8-18-15(20)21-16(2,3)4)13-6-5-11(17)9-14(13)19-10/h5-6,9,19H,7-8H2,1-4H3,(H,18,20). The third-order valence-electron chi connectivity index (χ3n) is 3.12. The van der Waals surface area contributed by atoms with E-state index >= 15 is 0 Å². The normalized spacial score (nSPS) is 11.7. The Morgan fingerprint density at radius 3 is 2.76 bits per heavy atom. The van der Waals surface area contributed by atoms with Gasteiger partial charge >= 0.3 is 6.09 Å². The molecule has 0 saturated heterocycles. The number of halogens is 1. The van der Waals surface area contributed by atoms with Crippen molar-refractivity contribution in [2.45, 2.75) is 39.7 Å². The molecule has 0 saturated carbocycles. The van der Waals surface area contributed by atoms with Crippen LogP contribution in [0.4, 0.5) is 4.79 Å². The fourth-order valence-electron chi connectivity index (χ4n) is 2.29. The molecule has 0 radical (unpaired) electrons. The van der Waals surface area contributed by atoms with Gasteiger partial charge in [0.1, 0.15) is 5.60 Å². The molecule has 0 spiro atoms. The maximum atomic E-state index is 11.6. The Morgan fingerprint density at radius 2 is 2.10 bits per heavy atom. The first-order chi connectivity index (χ1) is 9.76. The molecule has 5 heteroatoms. The topological polar surface area (TPSA) is 54.1 Å². The number of hydrogen-bond donors (Lipinski definition) is 2. The second-order valence-corrected chi connectivity index (χ2v) is 7.01. The molecule has 0 bridgehead atoms. The molecule has 0 aliphatic heterocycles. The van der Waals surface area contributed by atoms with Gasteiger partial charge in [0, 0.05) is 27.6 Å². The molecule has 0 fully saturated rings. The monoisotopic (exact) mass is 352 g/mol. The summed E-state index contributed by atoms with van der Waals surface area (Å²) in [6.45, 7) is 8.17. The van der Waals surface area contributed by atoms with Crippen molar-refractivity contribution in [3.8, 4) is 0 Å². The van der Waals surface area contributed by atoms with Gasteiger partial charge in [-0.3, -0.25) is 0 Å². The zero-order valence-electron chi connectivity index (χ0n) is 12.8. The summed E-state index contributed by atoms with van der Waals surface area (Å²) in [6, 6.07) is 6.18. The Morgan fingerprint density at radius 1 is 1.38 bits per heavy atom. The van der Waals surface area contributed by atoms with Crippen molar-refractivity contribution in [1.82, 2.24) is 10.3 Å². The maximum absolute atomic E-state index is 11.6. The van der Waals surface area contributed by atoms with E-state index in [1.54, 1.807) is 0 Å². The number of benzene rings is 1. The van der Waals surface area contributed by atoms with Gasteiger partial charge < -0.3 is 15.0 Å². The Kier molecular flexibility index (Phi) is 4.61. The van der Waals surface area contributed by atoms with Crippen LogP contribution < -0.4 is 5.32 Å². The smallest absolute Gasteiger partial charge is 0.407 e. The Labute approximate surface area is 133 Å². The summed E-state index contributed by atoms with van der Waals surface area (Å²) in [7, 11) is 0. The van der Waals surface area contributed by atoms with Crippen LogP contribution in [0.25, 0.3) is 10.9 Å². The van der Waals surface area contributed by atoms with Crippen LogP contribution in [0.5, 0.6) is 0 Å². The number of aromatic nitrogens is 1. The lowest BCUT2D eigenvalue weighted by Gasteiger charge is -2.19. The Hall–Kier alpha value is -1.49. The lowest BCUT2D eigenvalue weighted by molar-refractivity contribution is 0.0528. The first-order valence-corrected chi connectivity index (χ1v) is 7.79. The number of H-pyrrole nitrogens is 1. The zero-order chi connectivity index (χ0) is 15.6. The fraction of sp³-hybridized carbons (Fsp3) is 0.438. The van der Waals surface area contributed by atoms with Gasteiger partial charge in [0.15, 0.2) is 0 Å². The molecule has 1 aromatic heterocycles. The van der Waals surface area contributed by atoms with Crippen LogP contribution in [0.3, 0.4) is 0 Å². The second kappa shape index (κ2) is 6.10. The van der Waals surface area contributed by atoms with Crippen molar-refractivity contribution in [2.24, 2.45) is 0 Å². The van der Waals surface area contributed by atoms with Crippen molar-refractivity contribution in [3.63, 3.8) is 0 Å². The average molecular weight is 353 g/mol. The summed E-state index contributed by atoms with van der Waals surface area (Å²) in [5.41, 5.74) is 3.00. The van der Waals surface area contributed by atoms with Crippen molar-refractivity contribution in [1.29, 1.82) is 0 Å². The quantitative estimate of drug-likeness (QED) is 0.864. The van der Waals surface area contributed by atoms with E-state index in [0.29, 0.717) is 6.54 Å². The third-order valence-corrected chi connectivity index (χ3v) is 3.62. The molecule has 1 aromatic carbocycles. The number of ether oxygens (including phenoxy) is 1. The number of amides is 1. The molecular formula is C16H21BrN2O2. The Balaban J connectivity index is 2.01. The van der Waals surface area contributed by atoms with Gasteiger partial charge in [-0.2, -0.15) is 0 Å². The van der Waals surface area contributed by atoms with Gasteiger partial charge in [-0.15, -0.1) is 0 Å². The number of nitrogens with one attached hydrogen (secondary N) is 2. The Bertz CT molecular complexity index is 656. The number of carbonyl (C=O) groups excluding carboxylic acids is 1. The summed E-state index contributed by atoms with van der Waals surface area (Å²) < 4.78 is 6.28. The number of carbonyl (C=O) groups is 1. The number of rotatable bonds is 3. The number of hydrogen-bond acceptors (Lipinski definition) is 2. The van der Waals surface area contributed by atoms with E-state index < -0.39 is 5.60 Å². The van der Waals surface area contributed by atoms with Crippen molar-refractivity contribution in [2.75, 3.05) is 6.54 Å². The molecule has 2 N–H and O–H groups in total. The van der Waals surface area contributed by atoms with Gasteiger partial charge in [0.25, 0.3) is 0 Å². The van der Waals surface area contributed by atoms with Crippen LogP contribution in [-0.4, -0.2) is 23.2 Å². The highest BCUT2D eigenvalue weighted by Gasteiger charge is 2.16. The molecule has 114 valence electrons. The molecule has 2 rings (SSSR count). The number of fused-ring (bicyclic) bond motifs is 1. The van der Waals surface area contributed by atoms with Crippen molar-refractivity contribution < 1.29 is 9.53 Å². The van der Waals surface area contributed by atoms with Crippen LogP contribution in [0.15, 0.2) is 22.7 Å². The lowest BCUT2D eigenvalue weighted by Crippen LogP contribution is -2.33. The maximum Gasteiger partial charge on any atom is 0.407 e. The minimum absolute atomic E-state index is 0.372. The molecule has 0 unspecified atom stereocenters. The molecule has 0 aliphatic rings. The van der Waals surface area contributed by atoms with E-state index in [0.717, 1.165) is 22.1 Å². The molecule has 0 aliphatic carbocycles. The predicted molar refractivity (Wildman–Crippen MR) is 88.7 cm³/mol. The number of aryl methyl sites for hydroxylation is 1. The first kappa shape index (κ1) is 15.9. The molecule has 21 heavy (non-hydrogen) atoms. The summed E-state index contributed by atoms with van der Waals surface area (Å²) in [5, 5.41) is 3.99. The SMILES string of the molecule is Cc1[nH]c2cc(Br)ccc2c1CCNC(=O)OC(C)(C)C. The fourth-order valence-corrected chi connectivity index (χ4v) is 2.65. The first-order valence-electron chi connectivity index (χ1n) is 7.00. The van der Waals surface area contributed by atoms with E-state index in [-0.39, 0.29) is 6.09 Å². The molecular weight excluding hydrogens is 332 g/mol. The summed E-state index contributed by atoms with van der Waals surface area (Å²) >= 11 is 3.47. The third kappa shape index (κ3) is 4.24. The molecule has 4 nitrogen and oxygen atoms in total. The van der Waals surface area contributed by atoms with Gasteiger partial charge in [0.2, 0.25) is 0 Å². The molecule has 0 atom stereocenters. The van der Waals surface area contributed by atoms with E-state index in [9.17, 15) is 4.79 Å². The zero-order valence-corrected chi connectivity index (χ0v) is 14.4. The number of alkyl carbamates (subject to hydrolysis) is 1. The van der Waals surface area contributed by atoms with Gasteiger partial charge in [-0.1, -0.05) is 22.0 Å². The largest absolute Gasteiger partial charge is 0.444 e. The second-order valence-electron chi connectivity index (χ2n) is 6.10. The highest BCUT2D eigenvalue weighted by atomic mass is 79.9.